The average Bonchev–Trinajstić information content (AvgIpc) is 2.60. The maximum atomic E-state index is 9.61. The number of thiol groups is 1. The highest BCUT2D eigenvalue weighted by atomic mass is 32.1. The average molecular weight is 193 g/mol. The van der Waals surface area contributed by atoms with Gasteiger partial charge >= 0.3 is 0 Å². The van der Waals surface area contributed by atoms with Crippen molar-refractivity contribution in [1.82, 2.24) is 4.98 Å². The topological polar surface area (TPSA) is 36.0 Å². The molecule has 2 N–H and O–H groups in total. The molecule has 0 saturated heterocycles. The molecule has 1 heterocycles. The summed E-state index contributed by atoms with van der Waals surface area (Å²) in [6, 6.07) is 7.95. The number of aromatic amines is 1. The van der Waals surface area contributed by atoms with Crippen molar-refractivity contribution < 1.29 is 5.11 Å². The molecule has 2 aromatic rings. The van der Waals surface area contributed by atoms with Crippen molar-refractivity contribution in [2.75, 3.05) is 5.75 Å². The summed E-state index contributed by atoms with van der Waals surface area (Å²) in [6.45, 7) is 0. The van der Waals surface area contributed by atoms with Crippen LogP contribution in [0.1, 0.15) is 11.8 Å². The summed E-state index contributed by atoms with van der Waals surface area (Å²) in [5, 5.41) is 11.8. The minimum Gasteiger partial charge on any atom is -0.386 e. The number of hydrogen-bond acceptors (Lipinski definition) is 2. The number of fused-ring (bicyclic) bond motifs is 1. The summed E-state index contributed by atoms with van der Waals surface area (Å²) in [5.74, 6) is 0.435. The van der Waals surface area contributed by atoms with Crippen LogP contribution in [0.3, 0.4) is 0 Å². The van der Waals surface area contributed by atoms with Gasteiger partial charge in [-0.05, 0) is 5.39 Å². The fourth-order valence-corrected chi connectivity index (χ4v) is 1.65. The zero-order valence-corrected chi connectivity index (χ0v) is 7.96. The van der Waals surface area contributed by atoms with Crippen molar-refractivity contribution in [3.8, 4) is 0 Å². The molecule has 1 aromatic heterocycles. The standard InChI is InChI=1S/C10H11NOS/c12-9(6-13)10-8-4-2-1-3-7(8)5-11-10/h1-5,9,11-13H,6H2. The van der Waals surface area contributed by atoms with Gasteiger partial charge in [0.25, 0.3) is 0 Å². The third-order valence-corrected chi connectivity index (χ3v) is 2.49. The van der Waals surface area contributed by atoms with E-state index < -0.39 is 6.10 Å². The molecule has 0 spiro atoms. The lowest BCUT2D eigenvalue weighted by molar-refractivity contribution is 0.202. The number of nitrogens with one attached hydrogen (secondary N) is 1. The van der Waals surface area contributed by atoms with Gasteiger partial charge in [0.15, 0.2) is 0 Å². The maximum absolute atomic E-state index is 9.61. The van der Waals surface area contributed by atoms with E-state index in [1.165, 1.54) is 0 Å². The van der Waals surface area contributed by atoms with Crippen LogP contribution in [0.5, 0.6) is 0 Å². The van der Waals surface area contributed by atoms with E-state index in [-0.39, 0.29) is 0 Å². The van der Waals surface area contributed by atoms with Crippen molar-refractivity contribution >= 4 is 23.4 Å². The van der Waals surface area contributed by atoms with Gasteiger partial charge in [0.2, 0.25) is 0 Å². The summed E-state index contributed by atoms with van der Waals surface area (Å²) >= 11 is 4.06. The van der Waals surface area contributed by atoms with Crippen molar-refractivity contribution in [2.24, 2.45) is 0 Å². The Morgan fingerprint density at radius 3 is 2.92 bits per heavy atom. The molecule has 0 amide bonds. The summed E-state index contributed by atoms with van der Waals surface area (Å²) in [6.07, 6.45) is 1.39. The molecule has 2 rings (SSSR count). The first kappa shape index (κ1) is 8.66. The minimum atomic E-state index is -0.511. The number of hydrogen-bond donors (Lipinski definition) is 3. The molecule has 1 unspecified atom stereocenters. The zero-order valence-electron chi connectivity index (χ0n) is 7.07. The van der Waals surface area contributed by atoms with E-state index in [4.69, 9.17) is 0 Å². The summed E-state index contributed by atoms with van der Waals surface area (Å²) in [4.78, 5) is 3.07. The van der Waals surface area contributed by atoms with Gasteiger partial charge in [0.1, 0.15) is 6.10 Å². The zero-order chi connectivity index (χ0) is 9.26. The van der Waals surface area contributed by atoms with E-state index in [9.17, 15) is 5.11 Å². The van der Waals surface area contributed by atoms with Crippen LogP contribution < -0.4 is 0 Å². The summed E-state index contributed by atoms with van der Waals surface area (Å²) < 4.78 is 0. The molecule has 0 fully saturated rings. The van der Waals surface area contributed by atoms with Crippen LogP contribution >= 0.6 is 12.6 Å². The molecular weight excluding hydrogens is 182 g/mol. The maximum Gasteiger partial charge on any atom is 0.103 e. The van der Waals surface area contributed by atoms with E-state index in [1.807, 2.05) is 30.5 Å². The number of aromatic nitrogens is 1. The monoisotopic (exact) mass is 193 g/mol. The third kappa shape index (κ3) is 1.45. The molecule has 1 aromatic carbocycles. The van der Waals surface area contributed by atoms with Gasteiger partial charge < -0.3 is 10.1 Å². The molecule has 3 heteroatoms. The molecule has 1 atom stereocenters. The molecular formula is C10H11NOS. The Balaban J connectivity index is 2.57. The molecule has 0 saturated carbocycles. The fourth-order valence-electron chi connectivity index (χ4n) is 1.47. The molecule has 68 valence electrons. The van der Waals surface area contributed by atoms with Crippen LogP contribution in [0, 0.1) is 0 Å². The van der Waals surface area contributed by atoms with Gasteiger partial charge in [-0.2, -0.15) is 12.6 Å². The molecule has 0 radical (unpaired) electrons. The van der Waals surface area contributed by atoms with Crippen LogP contribution in [0.4, 0.5) is 0 Å². The molecule has 0 aliphatic heterocycles. The van der Waals surface area contributed by atoms with Crippen molar-refractivity contribution in [2.45, 2.75) is 6.10 Å². The largest absolute Gasteiger partial charge is 0.386 e. The van der Waals surface area contributed by atoms with Crippen LogP contribution in [-0.2, 0) is 0 Å². The van der Waals surface area contributed by atoms with Gasteiger partial charge in [-0.3, -0.25) is 0 Å². The number of rotatable bonds is 2. The first-order chi connectivity index (χ1) is 6.33. The summed E-state index contributed by atoms with van der Waals surface area (Å²) in [5.41, 5.74) is 0.852. The van der Waals surface area contributed by atoms with Crippen LogP contribution in [0.25, 0.3) is 10.8 Å². The predicted octanol–water partition coefficient (Wildman–Crippen LogP) is 2.13. The van der Waals surface area contributed by atoms with Gasteiger partial charge in [-0.25, -0.2) is 0 Å². The second kappa shape index (κ2) is 3.44. The molecule has 0 aliphatic rings. The third-order valence-electron chi connectivity index (χ3n) is 2.14. The first-order valence-corrected chi connectivity index (χ1v) is 4.81. The molecule has 13 heavy (non-hydrogen) atoms. The van der Waals surface area contributed by atoms with Crippen molar-refractivity contribution in [1.29, 1.82) is 0 Å². The molecule has 0 aliphatic carbocycles. The van der Waals surface area contributed by atoms with Crippen molar-refractivity contribution in [3.63, 3.8) is 0 Å². The Labute approximate surface area is 82.0 Å². The Kier molecular flexibility index (Phi) is 2.29. The molecule has 0 bridgehead atoms. The fraction of sp³-hybridized carbons (Fsp3) is 0.200. The van der Waals surface area contributed by atoms with Gasteiger partial charge in [0.05, 0.1) is 5.69 Å². The number of H-pyrrole nitrogens is 1. The molecule has 2 nitrogen and oxygen atoms in total. The Morgan fingerprint density at radius 2 is 2.15 bits per heavy atom. The first-order valence-electron chi connectivity index (χ1n) is 4.18. The highest BCUT2D eigenvalue weighted by Gasteiger charge is 2.10. The van der Waals surface area contributed by atoms with Crippen LogP contribution in [0.15, 0.2) is 30.5 Å². The predicted molar refractivity (Wildman–Crippen MR) is 57.1 cm³/mol. The van der Waals surface area contributed by atoms with Gasteiger partial charge in [-0.1, -0.05) is 24.3 Å². The Morgan fingerprint density at radius 1 is 1.38 bits per heavy atom. The Bertz CT molecular complexity index is 410. The highest BCUT2D eigenvalue weighted by Crippen LogP contribution is 2.23. The normalized spacial score (nSPS) is 13.4. The lowest BCUT2D eigenvalue weighted by Crippen LogP contribution is -1.98. The highest BCUT2D eigenvalue weighted by molar-refractivity contribution is 7.80. The van der Waals surface area contributed by atoms with E-state index in [0.29, 0.717) is 5.75 Å². The number of aliphatic hydroxyl groups is 1. The van der Waals surface area contributed by atoms with Crippen LogP contribution in [-0.4, -0.2) is 15.8 Å². The number of benzene rings is 1. The minimum absolute atomic E-state index is 0.435. The van der Waals surface area contributed by atoms with E-state index >= 15 is 0 Å². The quantitative estimate of drug-likeness (QED) is 0.628. The van der Waals surface area contributed by atoms with E-state index in [0.717, 1.165) is 16.5 Å². The Hall–Kier alpha value is -0.930. The SMILES string of the molecule is OC(CS)c1[nH]cc2ccccc12. The lowest BCUT2D eigenvalue weighted by Gasteiger charge is -2.04. The van der Waals surface area contributed by atoms with Gasteiger partial charge in [-0.15, -0.1) is 0 Å². The smallest absolute Gasteiger partial charge is 0.103 e. The van der Waals surface area contributed by atoms with Crippen molar-refractivity contribution in [3.05, 3.63) is 36.2 Å². The van der Waals surface area contributed by atoms with Gasteiger partial charge in [0, 0.05) is 17.3 Å². The second-order valence-electron chi connectivity index (χ2n) is 2.99. The number of aliphatic hydroxyl groups excluding tert-OH is 1. The summed E-state index contributed by atoms with van der Waals surface area (Å²) in [7, 11) is 0. The second-order valence-corrected chi connectivity index (χ2v) is 3.35. The van der Waals surface area contributed by atoms with E-state index in [1.54, 1.807) is 0 Å². The van der Waals surface area contributed by atoms with E-state index in [2.05, 4.69) is 17.6 Å². The van der Waals surface area contributed by atoms with Crippen LogP contribution in [0.2, 0.25) is 0 Å². The lowest BCUT2D eigenvalue weighted by atomic mass is 10.1.